The van der Waals surface area contributed by atoms with Gasteiger partial charge in [-0.3, -0.25) is 14.2 Å². The first-order valence-electron chi connectivity index (χ1n) is 12.4. The van der Waals surface area contributed by atoms with Crippen LogP contribution in [0.15, 0.2) is 53.6 Å². The zero-order valence-corrected chi connectivity index (χ0v) is 20.4. The van der Waals surface area contributed by atoms with Crippen LogP contribution in [0.2, 0.25) is 0 Å². The van der Waals surface area contributed by atoms with Crippen molar-refractivity contribution in [1.29, 1.82) is 0 Å². The van der Waals surface area contributed by atoms with Gasteiger partial charge in [-0.15, -0.1) is 0 Å². The summed E-state index contributed by atoms with van der Waals surface area (Å²) in [6.07, 6.45) is 6.34. The largest absolute Gasteiger partial charge is 0.490 e. The van der Waals surface area contributed by atoms with E-state index in [4.69, 9.17) is 9.57 Å². The number of ether oxygens (including phenoxy) is 1. The summed E-state index contributed by atoms with van der Waals surface area (Å²) in [5, 5.41) is 1.28. The molecule has 2 heterocycles. The van der Waals surface area contributed by atoms with E-state index < -0.39 is 23.5 Å². The van der Waals surface area contributed by atoms with Crippen LogP contribution in [-0.2, 0) is 16.7 Å². The molecule has 0 spiro atoms. The summed E-state index contributed by atoms with van der Waals surface area (Å²) >= 11 is 0. The number of benzene rings is 2. The second-order valence-electron chi connectivity index (χ2n) is 9.71. The quantitative estimate of drug-likeness (QED) is 0.478. The normalized spacial score (nSPS) is 21.8. The highest BCUT2D eigenvalue weighted by molar-refractivity contribution is 5.78. The monoisotopic (exact) mass is 515 g/mol. The van der Waals surface area contributed by atoms with Gasteiger partial charge in [0.25, 0.3) is 0 Å². The maximum absolute atomic E-state index is 14.6. The van der Waals surface area contributed by atoms with Gasteiger partial charge >= 0.3 is 5.69 Å². The van der Waals surface area contributed by atoms with Gasteiger partial charge in [0.05, 0.1) is 24.9 Å². The predicted molar refractivity (Wildman–Crippen MR) is 128 cm³/mol. The molecule has 1 aromatic heterocycles. The summed E-state index contributed by atoms with van der Waals surface area (Å²) < 4.78 is 50.5. The first kappa shape index (κ1) is 25.1. The molecule has 0 unspecified atom stereocenters. The van der Waals surface area contributed by atoms with E-state index in [2.05, 4.69) is 0 Å². The summed E-state index contributed by atoms with van der Waals surface area (Å²) in [4.78, 5) is 30.8. The lowest BCUT2D eigenvalue weighted by atomic mass is 9.81. The average molecular weight is 516 g/mol. The second kappa shape index (κ2) is 10.5. The number of amides is 1. The Hall–Kier alpha value is -3.53. The molecule has 37 heavy (non-hydrogen) atoms. The molecule has 2 fully saturated rings. The van der Waals surface area contributed by atoms with E-state index in [1.165, 1.54) is 38.5 Å². The van der Waals surface area contributed by atoms with Gasteiger partial charge in [-0.2, -0.15) is 0 Å². The molecule has 196 valence electrons. The lowest BCUT2D eigenvalue weighted by Gasteiger charge is -2.32. The van der Waals surface area contributed by atoms with E-state index in [1.807, 2.05) is 0 Å². The topological polar surface area (TPSA) is 65.7 Å². The molecule has 1 amide bonds. The maximum Gasteiger partial charge on any atom is 0.332 e. The van der Waals surface area contributed by atoms with Crippen molar-refractivity contribution in [3.8, 4) is 11.4 Å². The van der Waals surface area contributed by atoms with Crippen molar-refractivity contribution in [3.63, 3.8) is 0 Å². The third kappa shape index (κ3) is 5.29. The molecular weight excluding hydrogens is 487 g/mol. The number of nitrogens with zero attached hydrogens (tertiary/aromatic N) is 3. The highest BCUT2D eigenvalue weighted by Gasteiger charge is 2.37. The van der Waals surface area contributed by atoms with Gasteiger partial charge in [-0.1, -0.05) is 0 Å². The van der Waals surface area contributed by atoms with Crippen molar-refractivity contribution >= 4 is 5.91 Å². The first-order chi connectivity index (χ1) is 17.8. The van der Waals surface area contributed by atoms with Crippen molar-refractivity contribution < 1.29 is 27.5 Å². The van der Waals surface area contributed by atoms with Crippen molar-refractivity contribution in [3.05, 3.63) is 82.3 Å². The van der Waals surface area contributed by atoms with E-state index >= 15 is 0 Å². The first-order valence-corrected chi connectivity index (χ1v) is 12.4. The Balaban J connectivity index is 1.15. The molecule has 2 aliphatic rings. The molecule has 10 heteroatoms. The van der Waals surface area contributed by atoms with Crippen LogP contribution in [-0.4, -0.2) is 33.3 Å². The van der Waals surface area contributed by atoms with Gasteiger partial charge in [0.15, 0.2) is 11.6 Å². The average Bonchev–Trinajstić information content (AvgIpc) is 3.50. The molecule has 5 rings (SSSR count). The fourth-order valence-electron chi connectivity index (χ4n) is 5.14. The summed E-state index contributed by atoms with van der Waals surface area (Å²) in [6, 6.07) is 7.17. The lowest BCUT2D eigenvalue weighted by Crippen LogP contribution is -2.37. The van der Waals surface area contributed by atoms with E-state index in [-0.39, 0.29) is 29.2 Å². The summed E-state index contributed by atoms with van der Waals surface area (Å²) in [5.41, 5.74) is 0.529. The molecule has 0 radical (unpaired) electrons. The number of imidazole rings is 1. The number of hydrogen-bond donors (Lipinski definition) is 0. The molecule has 1 atom stereocenters. The molecule has 0 bridgehead atoms. The molecule has 7 nitrogen and oxygen atoms in total. The van der Waals surface area contributed by atoms with Crippen LogP contribution in [0.1, 0.15) is 43.7 Å². The van der Waals surface area contributed by atoms with E-state index in [0.717, 1.165) is 18.9 Å². The third-order valence-corrected chi connectivity index (χ3v) is 7.20. The molecule has 1 aliphatic carbocycles. The number of hydrogen-bond acceptors (Lipinski definition) is 4. The summed E-state index contributed by atoms with van der Waals surface area (Å²) in [6.45, 7) is 0.620. The zero-order chi connectivity index (χ0) is 26.1. The highest BCUT2D eigenvalue weighted by atomic mass is 19.1. The Morgan fingerprint density at radius 1 is 1.00 bits per heavy atom. The summed E-state index contributed by atoms with van der Waals surface area (Å²) in [5.74, 6) is -2.08. The number of halogens is 3. The highest BCUT2D eigenvalue weighted by Crippen LogP contribution is 2.37. The predicted octanol–water partition coefficient (Wildman–Crippen LogP) is 4.68. The lowest BCUT2D eigenvalue weighted by molar-refractivity contribution is -0.183. The standard InChI is InChI=1S/C27H28F3N3O4/c1-31-9-10-32(27(31)35)22-6-7-25(23(30)15-22)36-16-17-2-4-18(5-3-17)26(34)33-24(8-11-37-33)19-12-20(28)14-21(29)13-19/h6-7,9-10,12-15,17-18,24H,2-5,8,11,16H2,1H3/t17?,18?,24-/m0/s1. The molecule has 2 aromatic carbocycles. The van der Waals surface area contributed by atoms with Crippen LogP contribution in [0.3, 0.4) is 0 Å². The number of carbonyl (C=O) groups is 1. The van der Waals surface area contributed by atoms with E-state index in [0.29, 0.717) is 43.7 Å². The summed E-state index contributed by atoms with van der Waals surface area (Å²) in [7, 11) is 1.62. The Labute approximate surface area is 212 Å². The van der Waals surface area contributed by atoms with E-state index in [9.17, 15) is 22.8 Å². The van der Waals surface area contributed by atoms with Gasteiger partial charge in [-0.05, 0) is 61.4 Å². The molecule has 0 N–H and O–H groups in total. The van der Waals surface area contributed by atoms with Crippen LogP contribution in [0.4, 0.5) is 13.2 Å². The third-order valence-electron chi connectivity index (χ3n) is 7.20. The van der Waals surface area contributed by atoms with Crippen LogP contribution in [0.25, 0.3) is 5.69 Å². The van der Waals surface area contributed by atoms with Gasteiger partial charge in [-0.25, -0.2) is 23.0 Å². The fraction of sp³-hybridized carbons (Fsp3) is 0.407. The minimum Gasteiger partial charge on any atom is -0.490 e. The van der Waals surface area contributed by atoms with Crippen molar-refractivity contribution in [2.45, 2.75) is 38.1 Å². The number of aromatic nitrogens is 2. The molecule has 1 saturated heterocycles. The molecule has 1 aliphatic heterocycles. The SMILES string of the molecule is Cn1ccn(-c2ccc(OCC3CCC(C(=O)N4OCC[C@H]4c4cc(F)cc(F)c4)CC3)c(F)c2)c1=O. The fourth-order valence-corrected chi connectivity index (χ4v) is 5.14. The molecule has 1 saturated carbocycles. The number of aryl methyl sites for hydroxylation is 1. The zero-order valence-electron chi connectivity index (χ0n) is 20.4. The van der Waals surface area contributed by atoms with Crippen LogP contribution in [0.5, 0.6) is 5.75 Å². The smallest absolute Gasteiger partial charge is 0.332 e. The Morgan fingerprint density at radius 3 is 2.38 bits per heavy atom. The van der Waals surface area contributed by atoms with Gasteiger partial charge in [0.1, 0.15) is 11.6 Å². The minimum atomic E-state index is -0.685. The molecule has 3 aromatic rings. The number of rotatable bonds is 6. The van der Waals surface area contributed by atoms with E-state index in [1.54, 1.807) is 25.5 Å². The van der Waals surface area contributed by atoms with Crippen molar-refractivity contribution in [2.24, 2.45) is 18.9 Å². The van der Waals surface area contributed by atoms with Crippen LogP contribution in [0, 0.1) is 29.3 Å². The van der Waals surface area contributed by atoms with Crippen LogP contribution >= 0.6 is 0 Å². The number of carbonyl (C=O) groups excluding carboxylic acids is 1. The second-order valence-corrected chi connectivity index (χ2v) is 9.71. The van der Waals surface area contributed by atoms with Crippen molar-refractivity contribution in [1.82, 2.24) is 14.2 Å². The number of hydroxylamine groups is 2. The minimum absolute atomic E-state index is 0.113. The van der Waals surface area contributed by atoms with Crippen LogP contribution < -0.4 is 10.4 Å². The van der Waals surface area contributed by atoms with Gasteiger partial charge in [0.2, 0.25) is 5.91 Å². The Bertz CT molecular complexity index is 1330. The van der Waals surface area contributed by atoms with Crippen molar-refractivity contribution in [2.75, 3.05) is 13.2 Å². The van der Waals surface area contributed by atoms with Gasteiger partial charge in [0, 0.05) is 43.9 Å². The molecular formula is C27H28F3N3O4. The van der Waals surface area contributed by atoms with Gasteiger partial charge < -0.3 is 9.30 Å². The maximum atomic E-state index is 14.6. The Morgan fingerprint density at radius 2 is 1.73 bits per heavy atom. The Kier molecular flexibility index (Phi) is 7.10.